The van der Waals surface area contributed by atoms with Crippen molar-refractivity contribution in [2.75, 3.05) is 46.3 Å². The lowest BCUT2D eigenvalue weighted by atomic mass is 9.86. The van der Waals surface area contributed by atoms with Gasteiger partial charge in [-0.2, -0.15) is 0 Å². The topological polar surface area (TPSA) is 61.8 Å². The number of rotatable bonds is 6. The molecule has 148 valence electrons. The highest BCUT2D eigenvalue weighted by Crippen LogP contribution is 2.26. The first kappa shape index (κ1) is 22.3. The molecule has 2 aliphatic rings. The maximum Gasteiger partial charge on any atom is 0.0400 e. The highest BCUT2D eigenvalue weighted by atomic mass is 15.4. The lowest BCUT2D eigenvalue weighted by Crippen LogP contribution is -2.42. The van der Waals surface area contributed by atoms with Crippen molar-refractivity contribution in [2.45, 2.75) is 53.4 Å². The van der Waals surface area contributed by atoms with E-state index in [4.69, 9.17) is 11.6 Å². The molecular weight excluding hydrogens is 310 g/mol. The van der Waals surface area contributed by atoms with Crippen molar-refractivity contribution in [2.24, 2.45) is 29.3 Å². The van der Waals surface area contributed by atoms with Crippen LogP contribution in [0.3, 0.4) is 0 Å². The van der Waals surface area contributed by atoms with Crippen molar-refractivity contribution in [1.29, 1.82) is 0 Å². The van der Waals surface area contributed by atoms with Gasteiger partial charge >= 0.3 is 0 Å². The highest BCUT2D eigenvalue weighted by molar-refractivity contribution is 4.98. The van der Waals surface area contributed by atoms with Gasteiger partial charge in [-0.25, -0.2) is 5.84 Å². The Labute approximate surface area is 156 Å². The Balaban J connectivity index is 0.00000151. The van der Waals surface area contributed by atoms with Crippen LogP contribution in [0, 0.1) is 17.8 Å². The minimum absolute atomic E-state index is 0.841. The maximum atomic E-state index is 6.02. The zero-order valence-electron chi connectivity index (χ0n) is 17.4. The molecule has 0 bridgehead atoms. The molecular formula is C20H43N5. The van der Waals surface area contributed by atoms with Crippen LogP contribution in [0.25, 0.3) is 0 Å². The van der Waals surface area contributed by atoms with E-state index in [1.54, 1.807) is 0 Å². The Morgan fingerprint density at radius 3 is 2.04 bits per heavy atom. The normalized spacial score (nSPS) is 22.0. The zero-order chi connectivity index (χ0) is 18.8. The first-order chi connectivity index (χ1) is 11.9. The minimum atomic E-state index is 0.841. The molecule has 2 saturated heterocycles. The summed E-state index contributed by atoms with van der Waals surface area (Å²) in [6, 6.07) is 0. The van der Waals surface area contributed by atoms with E-state index in [-0.39, 0.29) is 0 Å². The summed E-state index contributed by atoms with van der Waals surface area (Å²) < 4.78 is 0. The van der Waals surface area contributed by atoms with E-state index in [0.29, 0.717) is 0 Å². The Morgan fingerprint density at radius 2 is 1.56 bits per heavy atom. The molecule has 0 spiro atoms. The predicted molar refractivity (Wildman–Crippen MR) is 109 cm³/mol. The molecule has 0 aromatic rings. The van der Waals surface area contributed by atoms with Crippen molar-refractivity contribution in [1.82, 2.24) is 14.8 Å². The zero-order valence-corrected chi connectivity index (χ0v) is 17.4. The van der Waals surface area contributed by atoms with Crippen molar-refractivity contribution < 1.29 is 0 Å². The molecule has 2 aliphatic heterocycles. The summed E-state index contributed by atoms with van der Waals surface area (Å²) in [7, 11) is 1.81. The van der Waals surface area contributed by atoms with E-state index in [9.17, 15) is 0 Å². The van der Waals surface area contributed by atoms with Crippen LogP contribution in [0.5, 0.6) is 0 Å². The maximum absolute atomic E-state index is 6.02. The molecule has 0 aromatic carbocycles. The molecule has 2 heterocycles. The Bertz CT molecular complexity index is 364. The van der Waals surface area contributed by atoms with Crippen LogP contribution in [-0.4, -0.2) is 61.1 Å². The number of nitrogens with two attached hydrogens (primary N) is 2. The first-order valence-electron chi connectivity index (χ1n) is 10.3. The molecule has 25 heavy (non-hydrogen) atoms. The summed E-state index contributed by atoms with van der Waals surface area (Å²) in [4.78, 5) is 5.16. The van der Waals surface area contributed by atoms with Crippen LogP contribution in [0.4, 0.5) is 0 Å². The van der Waals surface area contributed by atoms with E-state index in [0.717, 1.165) is 43.1 Å². The fourth-order valence-corrected chi connectivity index (χ4v) is 4.06. The monoisotopic (exact) mass is 353 g/mol. The van der Waals surface area contributed by atoms with Gasteiger partial charge in [0.05, 0.1) is 0 Å². The number of hydrogen-bond donors (Lipinski definition) is 2. The SMILES string of the molecule is CC.CC(C)C1CCN(CC2CCN(C/C(N)=C/N(C)N)CC2)CC1. The molecule has 0 aromatic heterocycles. The standard InChI is InChI=1S/C18H37N5.C2H6/c1-15(2)17-6-10-22(11-7-17)12-16-4-8-23(9-5-16)14-18(19)13-21(3)20;1-2/h13,15-17H,4-12,14,19-20H2,1-3H3;1-2H3/b18-13-;. The quantitative estimate of drug-likeness (QED) is 0.568. The lowest BCUT2D eigenvalue weighted by Gasteiger charge is -2.38. The molecule has 5 heteroatoms. The molecule has 2 rings (SSSR count). The summed E-state index contributed by atoms with van der Waals surface area (Å²) in [5.41, 5.74) is 6.87. The van der Waals surface area contributed by atoms with Crippen molar-refractivity contribution in [3.05, 3.63) is 11.9 Å². The third-order valence-electron chi connectivity index (χ3n) is 5.57. The summed E-state index contributed by atoms with van der Waals surface area (Å²) in [5, 5.41) is 1.53. The summed E-state index contributed by atoms with van der Waals surface area (Å²) in [6.45, 7) is 15.8. The van der Waals surface area contributed by atoms with Gasteiger partial charge in [-0.05, 0) is 69.6 Å². The molecule has 0 amide bonds. The third-order valence-corrected chi connectivity index (χ3v) is 5.57. The number of piperidine rings is 2. The molecule has 0 saturated carbocycles. The smallest absolute Gasteiger partial charge is 0.0400 e. The van der Waals surface area contributed by atoms with E-state index in [2.05, 4.69) is 23.6 Å². The Morgan fingerprint density at radius 1 is 1.04 bits per heavy atom. The molecule has 4 N–H and O–H groups in total. The van der Waals surface area contributed by atoms with Gasteiger partial charge in [0, 0.05) is 32.0 Å². The summed E-state index contributed by atoms with van der Waals surface area (Å²) >= 11 is 0. The van der Waals surface area contributed by atoms with Gasteiger partial charge in [-0.15, -0.1) is 0 Å². The second kappa shape index (κ2) is 11.8. The number of hydrogen-bond acceptors (Lipinski definition) is 5. The van der Waals surface area contributed by atoms with Gasteiger partial charge in [-0.1, -0.05) is 27.7 Å². The highest BCUT2D eigenvalue weighted by Gasteiger charge is 2.25. The van der Waals surface area contributed by atoms with Gasteiger partial charge in [-0.3, -0.25) is 4.90 Å². The van der Waals surface area contributed by atoms with E-state index < -0.39 is 0 Å². The number of likely N-dealkylation sites (tertiary alicyclic amines) is 2. The van der Waals surface area contributed by atoms with Gasteiger partial charge in [0.15, 0.2) is 0 Å². The van der Waals surface area contributed by atoms with Crippen molar-refractivity contribution >= 4 is 0 Å². The lowest BCUT2D eigenvalue weighted by molar-refractivity contribution is 0.110. The summed E-state index contributed by atoms with van der Waals surface area (Å²) in [6.07, 6.45) is 7.20. The van der Waals surface area contributed by atoms with Crippen LogP contribution in [0.2, 0.25) is 0 Å². The minimum Gasteiger partial charge on any atom is -0.400 e. The fourth-order valence-electron chi connectivity index (χ4n) is 4.06. The first-order valence-corrected chi connectivity index (χ1v) is 10.3. The second-order valence-electron chi connectivity index (χ2n) is 7.97. The van der Waals surface area contributed by atoms with Gasteiger partial charge in [0.25, 0.3) is 0 Å². The van der Waals surface area contributed by atoms with Gasteiger partial charge < -0.3 is 15.6 Å². The van der Waals surface area contributed by atoms with Crippen molar-refractivity contribution in [3.63, 3.8) is 0 Å². The fraction of sp³-hybridized carbons (Fsp3) is 0.900. The Kier molecular flexibility index (Phi) is 10.5. The molecule has 0 atom stereocenters. The van der Waals surface area contributed by atoms with Crippen LogP contribution >= 0.6 is 0 Å². The Hall–Kier alpha value is -0.780. The van der Waals surface area contributed by atoms with E-state index >= 15 is 0 Å². The number of hydrazine groups is 1. The van der Waals surface area contributed by atoms with Crippen LogP contribution in [-0.2, 0) is 0 Å². The molecule has 5 nitrogen and oxygen atoms in total. The van der Waals surface area contributed by atoms with E-state index in [1.807, 2.05) is 27.1 Å². The van der Waals surface area contributed by atoms with Crippen molar-refractivity contribution in [3.8, 4) is 0 Å². The predicted octanol–water partition coefficient (Wildman–Crippen LogP) is 2.70. The van der Waals surface area contributed by atoms with Crippen LogP contribution in [0.1, 0.15) is 53.4 Å². The average Bonchev–Trinajstić information content (AvgIpc) is 2.58. The molecule has 0 aliphatic carbocycles. The van der Waals surface area contributed by atoms with E-state index in [1.165, 1.54) is 50.3 Å². The van der Waals surface area contributed by atoms with Gasteiger partial charge in [0.1, 0.15) is 0 Å². The van der Waals surface area contributed by atoms with Gasteiger partial charge in [0.2, 0.25) is 0 Å². The summed E-state index contributed by atoms with van der Waals surface area (Å²) in [5.74, 6) is 8.27. The molecule has 2 fully saturated rings. The van der Waals surface area contributed by atoms with Crippen LogP contribution < -0.4 is 11.6 Å². The molecule has 0 radical (unpaired) electrons. The second-order valence-corrected chi connectivity index (χ2v) is 7.97. The molecule has 0 unspecified atom stereocenters. The largest absolute Gasteiger partial charge is 0.400 e. The van der Waals surface area contributed by atoms with Crippen LogP contribution in [0.15, 0.2) is 11.9 Å². The third kappa shape index (κ3) is 8.43. The number of nitrogens with zero attached hydrogens (tertiary/aromatic N) is 3. The average molecular weight is 354 g/mol.